The third kappa shape index (κ3) is 3.18. The zero-order chi connectivity index (χ0) is 18.0. The average molecular weight is 353 g/mol. The van der Waals surface area contributed by atoms with Gasteiger partial charge in [-0.2, -0.15) is 0 Å². The molecule has 1 N–H and O–H groups in total. The van der Waals surface area contributed by atoms with Crippen LogP contribution in [0.15, 0.2) is 53.6 Å². The van der Waals surface area contributed by atoms with Gasteiger partial charge in [0.25, 0.3) is 0 Å². The highest BCUT2D eigenvalue weighted by Crippen LogP contribution is 2.27. The fourth-order valence-corrected chi connectivity index (χ4v) is 3.41. The molecule has 0 aliphatic carbocycles. The molecule has 0 bridgehead atoms. The topological polar surface area (TPSA) is 63.2 Å². The van der Waals surface area contributed by atoms with Crippen molar-refractivity contribution >= 4 is 23.4 Å². The number of rotatable bonds is 4. The highest BCUT2D eigenvalue weighted by molar-refractivity contribution is 5.76. The molecule has 0 amide bonds. The molecule has 2 aromatic rings. The van der Waals surface area contributed by atoms with E-state index in [9.17, 15) is 5.21 Å². The lowest BCUT2D eigenvalue weighted by Crippen LogP contribution is -2.46. The number of benzene rings is 2. The van der Waals surface area contributed by atoms with Crippen molar-refractivity contribution in [3.63, 3.8) is 0 Å². The Balaban J connectivity index is 1.39. The number of hydrazone groups is 1. The van der Waals surface area contributed by atoms with Crippen molar-refractivity contribution in [1.82, 2.24) is 10.1 Å². The van der Waals surface area contributed by atoms with Gasteiger partial charge < -0.3 is 19.7 Å². The second kappa shape index (κ2) is 6.86. The normalized spacial score (nSPS) is 22.4. The number of ether oxygens (including phenoxy) is 1. The Morgan fingerprint density at radius 2 is 1.46 bits per heavy atom. The number of quaternary nitrogens is 1. The summed E-state index contributed by atoms with van der Waals surface area (Å²) in [6.07, 6.45) is 1.39. The minimum atomic E-state index is -0.550. The Morgan fingerprint density at radius 1 is 0.923 bits per heavy atom. The van der Waals surface area contributed by atoms with E-state index in [0.29, 0.717) is 5.69 Å². The lowest BCUT2D eigenvalue weighted by atomic mass is 10.2. The first-order chi connectivity index (χ1) is 12.7. The summed E-state index contributed by atoms with van der Waals surface area (Å²) < 4.78 is 4.67. The molecule has 0 radical (unpaired) electrons. The molecule has 26 heavy (non-hydrogen) atoms. The lowest BCUT2D eigenvalue weighted by Gasteiger charge is -2.38. The van der Waals surface area contributed by atoms with Gasteiger partial charge in [0, 0.05) is 49.7 Å². The Morgan fingerprint density at radius 3 is 1.92 bits per heavy atom. The highest BCUT2D eigenvalue weighted by Gasteiger charge is 2.23. The van der Waals surface area contributed by atoms with Gasteiger partial charge in [0.2, 0.25) is 6.34 Å². The second-order valence-electron chi connectivity index (χ2n) is 6.54. The smallest absolute Gasteiger partial charge is 0.214 e. The largest absolute Gasteiger partial charge is 0.620 e. The molecule has 1 atom stereocenters. The molecule has 0 aromatic heterocycles. The third-order valence-electron chi connectivity index (χ3n) is 5.01. The molecular weight excluding hydrogens is 330 g/mol. The van der Waals surface area contributed by atoms with Crippen molar-refractivity contribution in [2.45, 2.75) is 0 Å². The Kier molecular flexibility index (Phi) is 4.40. The van der Waals surface area contributed by atoms with Gasteiger partial charge in [-0.3, -0.25) is 10.1 Å². The monoisotopic (exact) mass is 353 g/mol. The molecule has 0 saturated carbocycles. The number of hydrogen-bond donors (Lipinski definition) is 1. The van der Waals surface area contributed by atoms with Crippen LogP contribution in [0.4, 0.5) is 17.1 Å². The summed E-state index contributed by atoms with van der Waals surface area (Å²) in [7, 11) is 1.68. The molecule has 1 fully saturated rings. The summed E-state index contributed by atoms with van der Waals surface area (Å²) in [5.74, 6) is 0.879. The first-order valence-corrected chi connectivity index (χ1v) is 8.78. The summed E-state index contributed by atoms with van der Waals surface area (Å²) in [5.41, 5.74) is 5.79. The van der Waals surface area contributed by atoms with Crippen molar-refractivity contribution in [1.29, 1.82) is 0 Å². The fourth-order valence-electron chi connectivity index (χ4n) is 3.41. The van der Waals surface area contributed by atoms with Crippen molar-refractivity contribution in [2.24, 2.45) is 5.10 Å². The molecule has 2 aliphatic rings. The van der Waals surface area contributed by atoms with Gasteiger partial charge in [-0.25, -0.2) is 0 Å². The van der Waals surface area contributed by atoms with Gasteiger partial charge in [0.15, 0.2) is 6.67 Å². The molecule has 1 saturated heterocycles. The van der Waals surface area contributed by atoms with E-state index in [1.807, 2.05) is 36.4 Å². The van der Waals surface area contributed by atoms with Crippen LogP contribution in [0.2, 0.25) is 0 Å². The van der Waals surface area contributed by atoms with Crippen LogP contribution in [0.5, 0.6) is 5.75 Å². The predicted molar refractivity (Wildman–Crippen MR) is 106 cm³/mol. The maximum atomic E-state index is 12.5. The summed E-state index contributed by atoms with van der Waals surface area (Å²) in [5, 5.41) is 16.4. The van der Waals surface area contributed by atoms with Gasteiger partial charge in [-0.05, 0) is 36.4 Å². The molecule has 136 valence electrons. The molecule has 0 spiro atoms. The van der Waals surface area contributed by atoms with Gasteiger partial charge in [0.1, 0.15) is 11.4 Å². The first-order valence-electron chi connectivity index (χ1n) is 8.78. The highest BCUT2D eigenvalue weighted by atomic mass is 16.6. The lowest BCUT2D eigenvalue weighted by molar-refractivity contribution is 0.415. The van der Waals surface area contributed by atoms with Gasteiger partial charge in [-0.15, -0.1) is 5.10 Å². The number of nitrogens with one attached hydrogen (secondary N) is 1. The van der Waals surface area contributed by atoms with Crippen LogP contribution in [0.1, 0.15) is 0 Å². The Hall–Kier alpha value is -2.77. The molecule has 2 aromatic carbocycles. The van der Waals surface area contributed by atoms with Crippen molar-refractivity contribution < 1.29 is 4.74 Å². The van der Waals surface area contributed by atoms with Crippen molar-refractivity contribution in [3.05, 3.63) is 53.7 Å². The number of nitrogens with zero attached hydrogens (tertiary/aromatic N) is 4. The van der Waals surface area contributed by atoms with E-state index in [2.05, 4.69) is 32.5 Å². The quantitative estimate of drug-likeness (QED) is 0.675. The van der Waals surface area contributed by atoms with E-state index < -0.39 is 4.65 Å². The number of anilines is 2. The van der Waals surface area contributed by atoms with Gasteiger partial charge >= 0.3 is 0 Å². The van der Waals surface area contributed by atoms with E-state index in [4.69, 9.17) is 4.74 Å². The third-order valence-corrected chi connectivity index (χ3v) is 5.01. The zero-order valence-corrected chi connectivity index (χ0v) is 14.8. The molecule has 7 nitrogen and oxygen atoms in total. The summed E-state index contributed by atoms with van der Waals surface area (Å²) in [4.78, 5) is 4.74. The van der Waals surface area contributed by atoms with Crippen molar-refractivity contribution in [3.8, 4) is 5.75 Å². The molecule has 2 heterocycles. The van der Waals surface area contributed by atoms with Crippen LogP contribution < -0.4 is 24.6 Å². The molecule has 4 rings (SSSR count). The molecule has 7 heteroatoms. The Bertz CT molecular complexity index is 770. The van der Waals surface area contributed by atoms with E-state index in [1.165, 1.54) is 12.0 Å². The van der Waals surface area contributed by atoms with Gasteiger partial charge in [-0.1, -0.05) is 0 Å². The van der Waals surface area contributed by atoms with E-state index >= 15 is 0 Å². The fraction of sp³-hybridized carbons (Fsp3) is 0.316. The zero-order valence-electron chi connectivity index (χ0n) is 14.8. The minimum Gasteiger partial charge on any atom is -0.620 e. The summed E-state index contributed by atoms with van der Waals surface area (Å²) in [6.45, 7) is 4.08. The van der Waals surface area contributed by atoms with Crippen molar-refractivity contribution in [2.75, 3.05) is 49.8 Å². The number of piperazine rings is 1. The van der Waals surface area contributed by atoms with E-state index in [0.717, 1.165) is 37.6 Å². The SMILES string of the molecule is COc1ccc(N2CCN(c3ccc([N+]4([O-])C=NNC4)cc3)CC2)cc1. The molecule has 2 aliphatic heterocycles. The summed E-state index contributed by atoms with van der Waals surface area (Å²) in [6, 6.07) is 16.1. The second-order valence-corrected chi connectivity index (χ2v) is 6.54. The maximum absolute atomic E-state index is 12.5. The van der Waals surface area contributed by atoms with Crippen LogP contribution in [0.25, 0.3) is 0 Å². The maximum Gasteiger partial charge on any atom is 0.214 e. The number of hydrogen-bond acceptors (Lipinski definition) is 6. The molecule has 1 unspecified atom stereocenters. The Labute approximate surface area is 153 Å². The van der Waals surface area contributed by atoms with E-state index in [-0.39, 0.29) is 6.67 Å². The van der Waals surface area contributed by atoms with Crippen LogP contribution in [0.3, 0.4) is 0 Å². The van der Waals surface area contributed by atoms with Crippen LogP contribution in [-0.4, -0.2) is 46.3 Å². The van der Waals surface area contributed by atoms with Gasteiger partial charge in [0.05, 0.1) is 7.11 Å². The molecular formula is C19H23N5O2. The predicted octanol–water partition coefficient (Wildman–Crippen LogP) is 2.33. The van der Waals surface area contributed by atoms with Crippen LogP contribution in [0, 0.1) is 5.21 Å². The standard InChI is InChI=1S/C19H23N5O2/c1-26-19-8-4-17(5-9-19)23-12-10-22(11-13-23)16-2-6-18(7-3-16)24(25)14-20-21-15-24/h2-9,14,21H,10-13,15H2,1H3. The van der Waals surface area contributed by atoms with Crippen LogP contribution >= 0.6 is 0 Å². The van der Waals surface area contributed by atoms with Crippen LogP contribution in [-0.2, 0) is 0 Å². The van der Waals surface area contributed by atoms with E-state index in [1.54, 1.807) is 7.11 Å². The summed E-state index contributed by atoms with van der Waals surface area (Å²) >= 11 is 0. The number of hydroxylamine groups is 2. The average Bonchev–Trinajstić information content (AvgIpc) is 3.16. The number of methoxy groups -OCH3 is 1. The minimum absolute atomic E-state index is 0.250. The first kappa shape index (κ1) is 16.7.